The summed E-state index contributed by atoms with van der Waals surface area (Å²) in [5.41, 5.74) is 5.60. The van der Waals surface area contributed by atoms with E-state index >= 15 is 0 Å². The van der Waals surface area contributed by atoms with E-state index in [1.54, 1.807) is 0 Å². The minimum absolute atomic E-state index is 0.142. The molecule has 0 bridgehead atoms. The van der Waals surface area contributed by atoms with Gasteiger partial charge in [0.15, 0.2) is 5.79 Å². The predicted molar refractivity (Wildman–Crippen MR) is 38.6 cm³/mol. The molecule has 1 fully saturated rings. The Morgan fingerprint density at radius 1 is 1.50 bits per heavy atom. The second-order valence-corrected chi connectivity index (χ2v) is 3.01. The monoisotopic (exact) mass is 145 g/mol. The summed E-state index contributed by atoms with van der Waals surface area (Å²) in [6, 6.07) is 0.142. The third-order valence-corrected chi connectivity index (χ3v) is 1.59. The van der Waals surface area contributed by atoms with Crippen molar-refractivity contribution in [3.63, 3.8) is 0 Å². The van der Waals surface area contributed by atoms with E-state index in [-0.39, 0.29) is 6.04 Å². The molecule has 1 rings (SSSR count). The summed E-state index contributed by atoms with van der Waals surface area (Å²) >= 11 is 0. The zero-order valence-electron chi connectivity index (χ0n) is 6.59. The molecular formula is C7H15NO2. The Kier molecular flexibility index (Phi) is 2.28. The molecule has 0 radical (unpaired) electrons. The van der Waals surface area contributed by atoms with Crippen LogP contribution in [0.25, 0.3) is 0 Å². The fourth-order valence-electron chi connectivity index (χ4n) is 1.26. The molecule has 3 heteroatoms. The van der Waals surface area contributed by atoms with E-state index in [2.05, 4.69) is 0 Å². The molecule has 0 aromatic carbocycles. The van der Waals surface area contributed by atoms with Crippen LogP contribution in [0.5, 0.6) is 0 Å². The molecule has 3 nitrogen and oxygen atoms in total. The Bertz CT molecular complexity index is 108. The summed E-state index contributed by atoms with van der Waals surface area (Å²) in [5, 5.41) is 0. The lowest BCUT2D eigenvalue weighted by Gasteiger charge is -2.23. The maximum atomic E-state index is 5.60. The van der Waals surface area contributed by atoms with Gasteiger partial charge in [-0.2, -0.15) is 0 Å². The maximum absolute atomic E-state index is 5.60. The Labute approximate surface area is 61.5 Å². The molecule has 1 aliphatic heterocycles. The smallest absolute Gasteiger partial charge is 0.167 e. The SMILES string of the molecule is CC(N)CC1(C)OCCO1. The van der Waals surface area contributed by atoms with E-state index in [1.807, 2.05) is 13.8 Å². The first-order valence-corrected chi connectivity index (χ1v) is 3.66. The molecule has 10 heavy (non-hydrogen) atoms. The van der Waals surface area contributed by atoms with Crippen LogP contribution in [0.2, 0.25) is 0 Å². The molecule has 1 saturated heterocycles. The summed E-state index contributed by atoms with van der Waals surface area (Å²) in [6.45, 7) is 5.28. The van der Waals surface area contributed by atoms with Gasteiger partial charge in [-0.1, -0.05) is 0 Å². The minimum Gasteiger partial charge on any atom is -0.348 e. The summed E-state index contributed by atoms with van der Waals surface area (Å²) in [6.07, 6.45) is 0.771. The molecule has 0 saturated carbocycles. The van der Waals surface area contributed by atoms with Crippen LogP contribution in [-0.2, 0) is 9.47 Å². The first kappa shape index (κ1) is 7.98. The quantitative estimate of drug-likeness (QED) is 0.615. The number of hydrogen-bond donors (Lipinski definition) is 1. The van der Waals surface area contributed by atoms with Gasteiger partial charge in [0, 0.05) is 12.5 Å². The van der Waals surface area contributed by atoms with Gasteiger partial charge in [-0.15, -0.1) is 0 Å². The second-order valence-electron chi connectivity index (χ2n) is 3.01. The van der Waals surface area contributed by atoms with Crippen molar-refractivity contribution >= 4 is 0 Å². The summed E-state index contributed by atoms with van der Waals surface area (Å²) in [5.74, 6) is -0.409. The van der Waals surface area contributed by atoms with Gasteiger partial charge in [0.2, 0.25) is 0 Å². The zero-order chi connectivity index (χ0) is 7.61. The van der Waals surface area contributed by atoms with E-state index in [9.17, 15) is 0 Å². The first-order chi connectivity index (χ1) is 4.62. The maximum Gasteiger partial charge on any atom is 0.167 e. The van der Waals surface area contributed by atoms with Crippen LogP contribution in [0.15, 0.2) is 0 Å². The van der Waals surface area contributed by atoms with Gasteiger partial charge >= 0.3 is 0 Å². The van der Waals surface area contributed by atoms with E-state index < -0.39 is 5.79 Å². The lowest BCUT2D eigenvalue weighted by molar-refractivity contribution is -0.148. The van der Waals surface area contributed by atoms with Crippen molar-refractivity contribution in [3.05, 3.63) is 0 Å². The molecule has 0 spiro atoms. The van der Waals surface area contributed by atoms with Crippen LogP contribution >= 0.6 is 0 Å². The largest absolute Gasteiger partial charge is 0.348 e. The van der Waals surface area contributed by atoms with Crippen molar-refractivity contribution in [1.29, 1.82) is 0 Å². The Hall–Kier alpha value is -0.120. The van der Waals surface area contributed by atoms with Crippen molar-refractivity contribution < 1.29 is 9.47 Å². The summed E-state index contributed by atoms with van der Waals surface area (Å²) < 4.78 is 10.7. The van der Waals surface area contributed by atoms with Gasteiger partial charge in [0.25, 0.3) is 0 Å². The molecule has 1 heterocycles. The fraction of sp³-hybridized carbons (Fsp3) is 1.00. The van der Waals surface area contributed by atoms with Gasteiger partial charge in [-0.25, -0.2) is 0 Å². The normalized spacial score (nSPS) is 26.7. The molecule has 2 N–H and O–H groups in total. The molecule has 1 aliphatic rings. The lowest BCUT2D eigenvalue weighted by atomic mass is 10.1. The van der Waals surface area contributed by atoms with Crippen LogP contribution in [0.4, 0.5) is 0 Å². The average molecular weight is 145 g/mol. The predicted octanol–water partition coefficient (Wildman–Crippen LogP) is 0.487. The van der Waals surface area contributed by atoms with Gasteiger partial charge in [-0.3, -0.25) is 0 Å². The number of ether oxygens (including phenoxy) is 2. The Balaban J connectivity index is 2.36. The molecule has 0 amide bonds. The first-order valence-electron chi connectivity index (χ1n) is 3.66. The van der Waals surface area contributed by atoms with E-state index in [0.717, 1.165) is 6.42 Å². The molecule has 1 unspecified atom stereocenters. The van der Waals surface area contributed by atoms with Gasteiger partial charge in [0.05, 0.1) is 13.2 Å². The van der Waals surface area contributed by atoms with Crippen LogP contribution in [-0.4, -0.2) is 25.0 Å². The molecule has 1 atom stereocenters. The third kappa shape index (κ3) is 1.94. The molecular weight excluding hydrogens is 130 g/mol. The topological polar surface area (TPSA) is 44.5 Å². The molecule has 60 valence electrons. The van der Waals surface area contributed by atoms with E-state index in [1.165, 1.54) is 0 Å². The highest BCUT2D eigenvalue weighted by Gasteiger charge is 2.31. The fourth-order valence-corrected chi connectivity index (χ4v) is 1.26. The summed E-state index contributed by atoms with van der Waals surface area (Å²) in [4.78, 5) is 0. The van der Waals surface area contributed by atoms with Crippen molar-refractivity contribution in [2.45, 2.75) is 32.1 Å². The Morgan fingerprint density at radius 3 is 2.40 bits per heavy atom. The van der Waals surface area contributed by atoms with Crippen LogP contribution in [0.1, 0.15) is 20.3 Å². The molecule has 0 aromatic rings. The third-order valence-electron chi connectivity index (χ3n) is 1.59. The van der Waals surface area contributed by atoms with E-state index in [4.69, 9.17) is 15.2 Å². The van der Waals surface area contributed by atoms with Crippen molar-refractivity contribution in [3.8, 4) is 0 Å². The highest BCUT2D eigenvalue weighted by molar-refractivity contribution is 4.72. The van der Waals surface area contributed by atoms with Crippen molar-refractivity contribution in [1.82, 2.24) is 0 Å². The van der Waals surface area contributed by atoms with Crippen LogP contribution in [0, 0.1) is 0 Å². The van der Waals surface area contributed by atoms with Gasteiger partial charge in [-0.05, 0) is 13.8 Å². The average Bonchev–Trinajstić information content (AvgIpc) is 2.12. The Morgan fingerprint density at radius 2 is 2.00 bits per heavy atom. The second kappa shape index (κ2) is 2.86. The number of hydrogen-bond acceptors (Lipinski definition) is 3. The molecule has 0 aliphatic carbocycles. The highest BCUT2D eigenvalue weighted by Crippen LogP contribution is 2.23. The zero-order valence-corrected chi connectivity index (χ0v) is 6.59. The lowest BCUT2D eigenvalue weighted by Crippen LogP contribution is -2.33. The minimum atomic E-state index is -0.409. The number of nitrogens with two attached hydrogens (primary N) is 1. The number of rotatable bonds is 2. The standard InChI is InChI=1S/C7H15NO2/c1-6(8)5-7(2)9-3-4-10-7/h6H,3-5,8H2,1-2H3. The van der Waals surface area contributed by atoms with Gasteiger partial charge in [0.1, 0.15) is 0 Å². The molecule has 0 aromatic heterocycles. The van der Waals surface area contributed by atoms with Crippen molar-refractivity contribution in [2.75, 3.05) is 13.2 Å². The summed E-state index contributed by atoms with van der Waals surface area (Å²) in [7, 11) is 0. The highest BCUT2D eigenvalue weighted by atomic mass is 16.7. The van der Waals surface area contributed by atoms with Crippen LogP contribution < -0.4 is 5.73 Å². The van der Waals surface area contributed by atoms with Crippen LogP contribution in [0.3, 0.4) is 0 Å². The van der Waals surface area contributed by atoms with Crippen molar-refractivity contribution in [2.24, 2.45) is 5.73 Å². The van der Waals surface area contributed by atoms with E-state index in [0.29, 0.717) is 13.2 Å². The van der Waals surface area contributed by atoms with Gasteiger partial charge < -0.3 is 15.2 Å².